The van der Waals surface area contributed by atoms with Crippen molar-refractivity contribution in [1.29, 1.82) is 0 Å². The third kappa shape index (κ3) is 4.77. The van der Waals surface area contributed by atoms with E-state index >= 15 is 0 Å². The Morgan fingerprint density at radius 2 is 1.80 bits per heavy atom. The van der Waals surface area contributed by atoms with Crippen molar-refractivity contribution < 1.29 is 0 Å². The zero-order valence-electron chi connectivity index (χ0n) is 17.8. The topological polar surface area (TPSA) is 66.6 Å². The van der Waals surface area contributed by atoms with E-state index in [0.29, 0.717) is 6.54 Å². The Bertz CT molecular complexity index is 990. The van der Waals surface area contributed by atoms with Gasteiger partial charge in [-0.05, 0) is 43.0 Å². The molecule has 1 fully saturated rings. The Kier molecular flexibility index (Phi) is 7.69. The minimum absolute atomic E-state index is 0. The van der Waals surface area contributed by atoms with Crippen LogP contribution in [0.4, 0.5) is 0 Å². The van der Waals surface area contributed by atoms with Crippen LogP contribution in [-0.4, -0.2) is 34.2 Å². The summed E-state index contributed by atoms with van der Waals surface area (Å²) >= 11 is 0. The Hall–Kier alpha value is -2.16. The number of aliphatic imine (C=N–C) groups is 1. The molecule has 0 atom stereocenters. The standard InChI is InChI=1S/C23H30N6.HI/c1-18-10-4-5-11-19(18)23(13-7-3-8-14-23)17-26-22(24-2)25-16-21-28-27-20-12-6-9-15-29(20)21;/h4-6,9-12,15H,3,7-8,13-14,16-17H2,1-2H3,(H2,24,25,26);1H. The van der Waals surface area contributed by atoms with Gasteiger partial charge in [-0.1, -0.05) is 49.6 Å². The van der Waals surface area contributed by atoms with Crippen molar-refractivity contribution in [1.82, 2.24) is 25.2 Å². The van der Waals surface area contributed by atoms with E-state index in [9.17, 15) is 0 Å². The van der Waals surface area contributed by atoms with Crippen LogP contribution < -0.4 is 10.6 Å². The van der Waals surface area contributed by atoms with Gasteiger partial charge in [0.05, 0.1) is 6.54 Å². The fourth-order valence-corrected chi connectivity index (χ4v) is 4.59. The Morgan fingerprint density at radius 1 is 1.03 bits per heavy atom. The summed E-state index contributed by atoms with van der Waals surface area (Å²) in [5.41, 5.74) is 3.89. The van der Waals surface area contributed by atoms with Gasteiger partial charge < -0.3 is 10.6 Å². The van der Waals surface area contributed by atoms with Gasteiger partial charge in [-0.2, -0.15) is 0 Å². The van der Waals surface area contributed by atoms with E-state index in [1.807, 2.05) is 35.8 Å². The van der Waals surface area contributed by atoms with E-state index in [-0.39, 0.29) is 29.4 Å². The number of rotatable bonds is 5. The fraction of sp³-hybridized carbons (Fsp3) is 0.435. The summed E-state index contributed by atoms with van der Waals surface area (Å²) in [4.78, 5) is 4.44. The number of nitrogens with zero attached hydrogens (tertiary/aromatic N) is 4. The minimum atomic E-state index is 0. The predicted octanol–water partition coefficient (Wildman–Crippen LogP) is 4.22. The highest BCUT2D eigenvalue weighted by molar-refractivity contribution is 14.0. The van der Waals surface area contributed by atoms with Gasteiger partial charge in [-0.15, -0.1) is 34.2 Å². The molecule has 2 aromatic heterocycles. The minimum Gasteiger partial charge on any atom is -0.356 e. The molecule has 0 spiro atoms. The average Bonchev–Trinajstić information content (AvgIpc) is 3.18. The molecule has 0 bridgehead atoms. The van der Waals surface area contributed by atoms with Gasteiger partial charge >= 0.3 is 0 Å². The van der Waals surface area contributed by atoms with Crippen molar-refractivity contribution in [3.63, 3.8) is 0 Å². The summed E-state index contributed by atoms with van der Waals surface area (Å²) in [6.07, 6.45) is 8.33. The lowest BCUT2D eigenvalue weighted by Crippen LogP contribution is -2.46. The molecule has 6 nitrogen and oxygen atoms in total. The van der Waals surface area contributed by atoms with Gasteiger partial charge in [0, 0.05) is 25.2 Å². The molecule has 1 aromatic carbocycles. The monoisotopic (exact) mass is 518 g/mol. The first-order chi connectivity index (χ1) is 14.2. The second-order valence-electron chi connectivity index (χ2n) is 7.98. The second-order valence-corrected chi connectivity index (χ2v) is 7.98. The molecule has 0 radical (unpaired) electrons. The maximum atomic E-state index is 4.44. The normalized spacial score (nSPS) is 16.1. The number of hydrogen-bond acceptors (Lipinski definition) is 3. The summed E-state index contributed by atoms with van der Waals surface area (Å²) in [5.74, 6) is 1.67. The molecule has 1 aliphatic carbocycles. The van der Waals surface area contributed by atoms with Gasteiger partial charge in [0.1, 0.15) is 0 Å². The van der Waals surface area contributed by atoms with Gasteiger partial charge in [0.25, 0.3) is 0 Å². The van der Waals surface area contributed by atoms with E-state index in [1.165, 1.54) is 43.2 Å². The van der Waals surface area contributed by atoms with Crippen LogP contribution in [0, 0.1) is 6.92 Å². The van der Waals surface area contributed by atoms with Crippen LogP contribution in [0.15, 0.2) is 53.7 Å². The first kappa shape index (κ1) is 22.5. The molecule has 2 heterocycles. The first-order valence-electron chi connectivity index (χ1n) is 10.5. The molecular weight excluding hydrogens is 487 g/mol. The van der Waals surface area contributed by atoms with Crippen LogP contribution in [0.1, 0.15) is 49.1 Å². The lowest BCUT2D eigenvalue weighted by molar-refractivity contribution is 0.290. The predicted molar refractivity (Wildman–Crippen MR) is 133 cm³/mol. The van der Waals surface area contributed by atoms with Crippen molar-refractivity contribution in [3.05, 3.63) is 65.6 Å². The number of guanidine groups is 1. The van der Waals surface area contributed by atoms with Gasteiger partial charge in [0.2, 0.25) is 0 Å². The number of nitrogens with one attached hydrogen (secondary N) is 2. The van der Waals surface area contributed by atoms with Gasteiger partial charge in [0.15, 0.2) is 17.4 Å². The summed E-state index contributed by atoms with van der Waals surface area (Å²) in [6.45, 7) is 3.69. The highest BCUT2D eigenvalue weighted by atomic mass is 127. The second kappa shape index (κ2) is 10.2. The lowest BCUT2D eigenvalue weighted by atomic mass is 9.68. The summed E-state index contributed by atoms with van der Waals surface area (Å²) in [5, 5.41) is 15.5. The van der Waals surface area contributed by atoms with Crippen molar-refractivity contribution >= 4 is 35.6 Å². The average molecular weight is 518 g/mol. The van der Waals surface area contributed by atoms with E-state index in [2.05, 4.69) is 57.0 Å². The number of aromatic nitrogens is 3. The van der Waals surface area contributed by atoms with E-state index in [0.717, 1.165) is 24.0 Å². The molecule has 0 unspecified atom stereocenters. The Labute approximate surface area is 195 Å². The molecule has 3 aromatic rings. The number of halogens is 1. The van der Waals surface area contributed by atoms with Crippen molar-refractivity contribution in [2.45, 2.75) is 51.0 Å². The van der Waals surface area contributed by atoms with Crippen molar-refractivity contribution in [2.75, 3.05) is 13.6 Å². The summed E-state index contributed by atoms with van der Waals surface area (Å²) in [6, 6.07) is 14.8. The van der Waals surface area contributed by atoms with Gasteiger partial charge in [-0.3, -0.25) is 9.39 Å². The molecule has 160 valence electrons. The number of hydrogen-bond donors (Lipinski definition) is 2. The molecule has 0 aliphatic heterocycles. The molecule has 7 heteroatoms. The SMILES string of the molecule is CN=C(NCc1nnc2ccccn12)NCC1(c2ccccc2C)CCCCC1.I. The molecule has 0 amide bonds. The molecule has 1 aliphatic rings. The summed E-state index contributed by atoms with van der Waals surface area (Å²) in [7, 11) is 1.82. The third-order valence-corrected chi connectivity index (χ3v) is 6.14. The Morgan fingerprint density at radius 3 is 2.57 bits per heavy atom. The number of aryl methyl sites for hydroxylation is 1. The highest BCUT2D eigenvalue weighted by Crippen LogP contribution is 2.40. The smallest absolute Gasteiger partial charge is 0.191 e. The fourth-order valence-electron chi connectivity index (χ4n) is 4.59. The van der Waals surface area contributed by atoms with Crippen LogP contribution in [0.2, 0.25) is 0 Å². The molecular formula is C23H31IN6. The lowest BCUT2D eigenvalue weighted by Gasteiger charge is -2.39. The molecule has 1 saturated carbocycles. The number of benzene rings is 1. The van der Waals surface area contributed by atoms with Crippen LogP contribution in [-0.2, 0) is 12.0 Å². The van der Waals surface area contributed by atoms with E-state index in [4.69, 9.17) is 0 Å². The highest BCUT2D eigenvalue weighted by Gasteiger charge is 2.35. The van der Waals surface area contributed by atoms with Crippen LogP contribution in [0.3, 0.4) is 0 Å². The first-order valence-corrected chi connectivity index (χ1v) is 10.5. The largest absolute Gasteiger partial charge is 0.356 e. The molecule has 0 saturated heterocycles. The van der Waals surface area contributed by atoms with Crippen molar-refractivity contribution in [3.8, 4) is 0 Å². The number of pyridine rings is 1. The van der Waals surface area contributed by atoms with Gasteiger partial charge in [-0.25, -0.2) is 0 Å². The quantitative estimate of drug-likeness (QED) is 0.302. The summed E-state index contributed by atoms with van der Waals surface area (Å²) < 4.78 is 2.00. The zero-order chi connectivity index (χ0) is 20.1. The van der Waals surface area contributed by atoms with E-state index in [1.54, 1.807) is 0 Å². The van der Waals surface area contributed by atoms with Crippen LogP contribution in [0.25, 0.3) is 5.65 Å². The third-order valence-electron chi connectivity index (χ3n) is 6.14. The molecule has 30 heavy (non-hydrogen) atoms. The number of fused-ring (bicyclic) bond motifs is 1. The maximum absolute atomic E-state index is 4.44. The van der Waals surface area contributed by atoms with Crippen molar-refractivity contribution in [2.24, 2.45) is 4.99 Å². The zero-order valence-corrected chi connectivity index (χ0v) is 20.1. The van der Waals surface area contributed by atoms with Crippen LogP contribution in [0.5, 0.6) is 0 Å². The molecule has 2 N–H and O–H groups in total. The van der Waals surface area contributed by atoms with E-state index < -0.39 is 0 Å². The molecule has 4 rings (SSSR count). The Balaban J connectivity index is 0.00000256. The maximum Gasteiger partial charge on any atom is 0.191 e. The van der Waals surface area contributed by atoms with Crippen LogP contribution >= 0.6 is 24.0 Å².